The van der Waals surface area contributed by atoms with Crippen LogP contribution in [-0.4, -0.2) is 48.7 Å². The van der Waals surface area contributed by atoms with Gasteiger partial charge in [0.15, 0.2) is 5.13 Å². The summed E-state index contributed by atoms with van der Waals surface area (Å²) in [5, 5.41) is 0.759. The summed E-state index contributed by atoms with van der Waals surface area (Å²) in [7, 11) is 4.03. The predicted molar refractivity (Wildman–Crippen MR) is 125 cm³/mol. The maximum Gasteiger partial charge on any atom is 0.260 e. The molecular formula is C21H26ClN3OS2. The highest BCUT2D eigenvalue weighted by Gasteiger charge is 2.21. The van der Waals surface area contributed by atoms with Gasteiger partial charge in [-0.15, -0.1) is 24.2 Å². The number of thiazole rings is 1. The topological polar surface area (TPSA) is 36.4 Å². The van der Waals surface area contributed by atoms with Gasteiger partial charge >= 0.3 is 0 Å². The van der Waals surface area contributed by atoms with Crippen LogP contribution < -0.4 is 4.90 Å². The Labute approximate surface area is 181 Å². The highest BCUT2D eigenvalue weighted by Crippen LogP contribution is 2.30. The van der Waals surface area contributed by atoms with Crippen molar-refractivity contribution >= 4 is 56.8 Å². The number of hydrogen-bond donors (Lipinski definition) is 0. The first-order chi connectivity index (χ1) is 13.0. The highest BCUT2D eigenvalue weighted by atomic mass is 35.5. The first kappa shape index (κ1) is 22.7. The highest BCUT2D eigenvalue weighted by molar-refractivity contribution is 7.99. The van der Waals surface area contributed by atoms with E-state index in [0.29, 0.717) is 12.1 Å². The lowest BCUT2D eigenvalue weighted by atomic mass is 10.2. The zero-order valence-corrected chi connectivity index (χ0v) is 19.1. The van der Waals surface area contributed by atoms with Crippen LogP contribution in [0.4, 0.5) is 5.13 Å². The normalized spacial score (nSPS) is 10.9. The van der Waals surface area contributed by atoms with Crippen molar-refractivity contribution in [2.75, 3.05) is 37.8 Å². The number of anilines is 1. The SMILES string of the molecule is CCSc1ccc(C(=O)N(CCN(C)C)c2nc3ccc(C)cc3s2)cc1.Cl. The molecule has 0 atom stereocenters. The second-order valence-electron chi connectivity index (χ2n) is 6.69. The number of carbonyl (C=O) groups excluding carboxylic acids is 1. The molecule has 3 aromatic rings. The lowest BCUT2D eigenvalue weighted by molar-refractivity contribution is 0.0985. The van der Waals surface area contributed by atoms with Gasteiger partial charge in [0, 0.05) is 23.5 Å². The molecule has 1 amide bonds. The van der Waals surface area contributed by atoms with Crippen LogP contribution >= 0.6 is 35.5 Å². The number of halogens is 1. The number of likely N-dealkylation sites (N-methyl/N-ethyl adjacent to an activating group) is 1. The van der Waals surface area contributed by atoms with Gasteiger partial charge in [0.25, 0.3) is 5.91 Å². The molecule has 1 aromatic heterocycles. The van der Waals surface area contributed by atoms with Crippen molar-refractivity contribution in [3.05, 3.63) is 53.6 Å². The predicted octanol–water partition coefficient (Wildman–Crippen LogP) is 5.35. The quantitative estimate of drug-likeness (QED) is 0.469. The standard InChI is InChI=1S/C21H25N3OS2.ClH/c1-5-26-17-9-7-16(8-10-17)20(25)24(13-12-23(3)4)21-22-18-11-6-15(2)14-19(18)27-21;/h6-11,14H,5,12-13H2,1-4H3;1H. The van der Waals surface area contributed by atoms with E-state index >= 15 is 0 Å². The maximum absolute atomic E-state index is 13.2. The fourth-order valence-electron chi connectivity index (χ4n) is 2.74. The minimum Gasteiger partial charge on any atom is -0.308 e. The molecule has 150 valence electrons. The summed E-state index contributed by atoms with van der Waals surface area (Å²) in [5.41, 5.74) is 2.84. The van der Waals surface area contributed by atoms with Crippen LogP contribution in [0.25, 0.3) is 10.2 Å². The molecule has 1 heterocycles. The molecule has 0 unspecified atom stereocenters. The molecule has 0 aliphatic heterocycles. The molecule has 0 N–H and O–H groups in total. The van der Waals surface area contributed by atoms with E-state index in [1.54, 1.807) is 23.1 Å². The van der Waals surface area contributed by atoms with Crippen LogP contribution in [0.5, 0.6) is 0 Å². The van der Waals surface area contributed by atoms with Gasteiger partial charge in [0.05, 0.1) is 10.2 Å². The molecule has 0 saturated carbocycles. The van der Waals surface area contributed by atoms with Gasteiger partial charge in [0.1, 0.15) is 0 Å². The third-order valence-corrected chi connectivity index (χ3v) is 6.13. The molecule has 0 aliphatic carbocycles. The first-order valence-corrected chi connectivity index (χ1v) is 10.8. The van der Waals surface area contributed by atoms with Crippen LogP contribution in [-0.2, 0) is 0 Å². The van der Waals surface area contributed by atoms with E-state index in [1.165, 1.54) is 10.5 Å². The number of rotatable bonds is 7. The number of amides is 1. The molecule has 28 heavy (non-hydrogen) atoms. The summed E-state index contributed by atoms with van der Waals surface area (Å²) in [6.07, 6.45) is 0. The Kier molecular flexibility index (Phi) is 8.31. The molecule has 0 fully saturated rings. The van der Waals surface area contributed by atoms with Crippen LogP contribution in [0.1, 0.15) is 22.8 Å². The van der Waals surface area contributed by atoms with Gasteiger partial charge in [-0.3, -0.25) is 9.69 Å². The molecule has 4 nitrogen and oxygen atoms in total. The number of aromatic nitrogens is 1. The van der Waals surface area contributed by atoms with Gasteiger partial charge in [-0.25, -0.2) is 4.98 Å². The number of benzene rings is 2. The van der Waals surface area contributed by atoms with Crippen molar-refractivity contribution in [2.45, 2.75) is 18.7 Å². The van der Waals surface area contributed by atoms with Gasteiger partial charge in [-0.2, -0.15) is 0 Å². The minimum atomic E-state index is 0. The Balaban J connectivity index is 0.00000280. The van der Waals surface area contributed by atoms with Gasteiger partial charge < -0.3 is 4.90 Å². The van der Waals surface area contributed by atoms with Crippen molar-refractivity contribution < 1.29 is 4.79 Å². The monoisotopic (exact) mass is 435 g/mol. The molecule has 7 heteroatoms. The Morgan fingerprint density at radius 2 is 1.82 bits per heavy atom. The molecular weight excluding hydrogens is 410 g/mol. The lowest BCUT2D eigenvalue weighted by Gasteiger charge is -2.22. The van der Waals surface area contributed by atoms with E-state index in [4.69, 9.17) is 4.98 Å². The number of hydrogen-bond acceptors (Lipinski definition) is 5. The molecule has 0 spiro atoms. The number of fused-ring (bicyclic) bond motifs is 1. The summed E-state index contributed by atoms with van der Waals surface area (Å²) in [6, 6.07) is 14.1. The summed E-state index contributed by atoms with van der Waals surface area (Å²) >= 11 is 3.35. The Bertz CT molecular complexity index is 925. The van der Waals surface area contributed by atoms with Crippen LogP contribution in [0.15, 0.2) is 47.4 Å². The number of nitrogens with zero attached hydrogens (tertiary/aromatic N) is 3. The second kappa shape index (κ2) is 10.3. The Hall–Kier alpha value is -1.60. The second-order valence-corrected chi connectivity index (χ2v) is 9.03. The van der Waals surface area contributed by atoms with Crippen molar-refractivity contribution in [1.82, 2.24) is 9.88 Å². The van der Waals surface area contributed by atoms with E-state index < -0.39 is 0 Å². The zero-order valence-electron chi connectivity index (χ0n) is 16.6. The maximum atomic E-state index is 13.2. The fourth-order valence-corrected chi connectivity index (χ4v) is 4.49. The summed E-state index contributed by atoms with van der Waals surface area (Å²) in [6.45, 7) is 5.59. The Morgan fingerprint density at radius 1 is 1.11 bits per heavy atom. The summed E-state index contributed by atoms with van der Waals surface area (Å²) in [5.74, 6) is 1.02. The average molecular weight is 436 g/mol. The van der Waals surface area contributed by atoms with E-state index in [0.717, 1.165) is 27.6 Å². The third-order valence-electron chi connectivity index (χ3n) is 4.19. The largest absolute Gasteiger partial charge is 0.308 e. The average Bonchev–Trinajstić information content (AvgIpc) is 3.05. The van der Waals surface area contributed by atoms with Crippen molar-refractivity contribution in [3.8, 4) is 0 Å². The fraction of sp³-hybridized carbons (Fsp3) is 0.333. The van der Waals surface area contributed by atoms with Crippen molar-refractivity contribution in [1.29, 1.82) is 0 Å². The molecule has 0 aliphatic rings. The number of aryl methyl sites for hydroxylation is 1. The molecule has 0 saturated heterocycles. The summed E-state index contributed by atoms with van der Waals surface area (Å²) < 4.78 is 1.11. The van der Waals surface area contributed by atoms with Gasteiger partial charge in [0.2, 0.25) is 0 Å². The van der Waals surface area contributed by atoms with Crippen LogP contribution in [0, 0.1) is 6.92 Å². The first-order valence-electron chi connectivity index (χ1n) is 9.04. The van der Waals surface area contributed by atoms with Gasteiger partial charge in [-0.05, 0) is 68.7 Å². The third kappa shape index (κ3) is 5.47. The van der Waals surface area contributed by atoms with Crippen LogP contribution in [0.3, 0.4) is 0 Å². The number of carbonyl (C=O) groups is 1. The molecule has 2 aromatic carbocycles. The van der Waals surface area contributed by atoms with E-state index in [-0.39, 0.29) is 18.3 Å². The lowest BCUT2D eigenvalue weighted by Crippen LogP contribution is -2.36. The smallest absolute Gasteiger partial charge is 0.260 e. The molecule has 3 rings (SSSR count). The molecule has 0 bridgehead atoms. The van der Waals surface area contributed by atoms with E-state index in [9.17, 15) is 4.79 Å². The van der Waals surface area contributed by atoms with E-state index in [1.807, 2.05) is 49.3 Å². The van der Waals surface area contributed by atoms with E-state index in [2.05, 4.69) is 30.9 Å². The van der Waals surface area contributed by atoms with Crippen molar-refractivity contribution in [3.63, 3.8) is 0 Å². The minimum absolute atomic E-state index is 0. The Morgan fingerprint density at radius 3 is 2.46 bits per heavy atom. The summed E-state index contributed by atoms with van der Waals surface area (Å²) in [4.78, 5) is 23.0. The number of thioether (sulfide) groups is 1. The van der Waals surface area contributed by atoms with Crippen LogP contribution in [0.2, 0.25) is 0 Å². The van der Waals surface area contributed by atoms with Gasteiger partial charge in [-0.1, -0.05) is 24.3 Å². The molecule has 0 radical (unpaired) electrons. The van der Waals surface area contributed by atoms with Crippen molar-refractivity contribution in [2.24, 2.45) is 0 Å². The zero-order chi connectivity index (χ0) is 19.4.